The monoisotopic (exact) mass is 385 g/mol. The first-order valence-electron chi connectivity index (χ1n) is 8.58. The number of carbonyl (C=O) groups is 2. The van der Waals surface area contributed by atoms with Gasteiger partial charge in [-0.05, 0) is 49.0 Å². The van der Waals surface area contributed by atoms with Crippen LogP contribution in [-0.2, 0) is 0 Å². The number of amides is 2. The number of hydrogen-bond acceptors (Lipinski definition) is 4. The smallest absolute Gasteiger partial charge is 0.257 e. The van der Waals surface area contributed by atoms with Gasteiger partial charge >= 0.3 is 0 Å². The van der Waals surface area contributed by atoms with Crippen molar-refractivity contribution in [3.8, 4) is 5.75 Å². The van der Waals surface area contributed by atoms with E-state index in [1.165, 1.54) is 4.90 Å². The number of thiocarbonyl (C=S) groups is 1. The van der Waals surface area contributed by atoms with E-state index in [0.717, 1.165) is 6.42 Å². The van der Waals surface area contributed by atoms with E-state index in [4.69, 9.17) is 17.0 Å². The van der Waals surface area contributed by atoms with Crippen LogP contribution in [-0.4, -0.2) is 42.5 Å². The number of hydrogen-bond donors (Lipinski definition) is 2. The Kier molecular flexibility index (Phi) is 7.31. The summed E-state index contributed by atoms with van der Waals surface area (Å²) in [5, 5.41) is 5.65. The molecule has 27 heavy (non-hydrogen) atoms. The van der Waals surface area contributed by atoms with Crippen LogP contribution in [0.5, 0.6) is 5.75 Å². The van der Waals surface area contributed by atoms with E-state index in [1.54, 1.807) is 62.6 Å². The van der Waals surface area contributed by atoms with Gasteiger partial charge in [0.2, 0.25) is 0 Å². The molecule has 142 valence electrons. The number of carbonyl (C=O) groups excluding carboxylic acids is 2. The van der Waals surface area contributed by atoms with Crippen LogP contribution in [0.3, 0.4) is 0 Å². The molecule has 7 heteroatoms. The third-order valence-corrected chi connectivity index (χ3v) is 3.81. The van der Waals surface area contributed by atoms with Gasteiger partial charge in [-0.3, -0.25) is 14.9 Å². The van der Waals surface area contributed by atoms with Crippen molar-refractivity contribution in [3.63, 3.8) is 0 Å². The maximum absolute atomic E-state index is 12.4. The van der Waals surface area contributed by atoms with Gasteiger partial charge in [-0.1, -0.05) is 25.1 Å². The van der Waals surface area contributed by atoms with Crippen molar-refractivity contribution >= 4 is 34.8 Å². The molecule has 0 saturated carbocycles. The number of rotatable bonds is 6. The standard InChI is InChI=1S/C20H23N3O3S/c1-4-12-26-15-9-7-8-14(13-15)18(24)22-20(27)21-17-11-6-5-10-16(17)19(25)23(2)3/h5-11,13H,4,12H2,1-3H3,(H2,21,22,24,27). The molecule has 6 nitrogen and oxygen atoms in total. The van der Waals surface area contributed by atoms with E-state index in [9.17, 15) is 9.59 Å². The molecule has 0 aliphatic carbocycles. The maximum Gasteiger partial charge on any atom is 0.257 e. The van der Waals surface area contributed by atoms with Gasteiger partial charge in [-0.25, -0.2) is 0 Å². The van der Waals surface area contributed by atoms with E-state index in [1.807, 2.05) is 6.92 Å². The zero-order valence-corrected chi connectivity index (χ0v) is 16.4. The summed E-state index contributed by atoms with van der Waals surface area (Å²) >= 11 is 5.23. The minimum absolute atomic E-state index is 0.110. The van der Waals surface area contributed by atoms with Crippen LogP contribution in [0.25, 0.3) is 0 Å². The molecule has 0 atom stereocenters. The Hall–Kier alpha value is -2.93. The fourth-order valence-corrected chi connectivity index (χ4v) is 2.50. The Morgan fingerprint density at radius 2 is 1.85 bits per heavy atom. The van der Waals surface area contributed by atoms with Crippen LogP contribution in [0, 0.1) is 0 Å². The molecule has 2 aromatic rings. The summed E-state index contributed by atoms with van der Waals surface area (Å²) in [5.74, 6) is 0.115. The van der Waals surface area contributed by atoms with Gasteiger partial charge in [0.05, 0.1) is 17.9 Å². The summed E-state index contributed by atoms with van der Waals surface area (Å²) in [5.41, 5.74) is 1.43. The quantitative estimate of drug-likeness (QED) is 0.747. The van der Waals surface area contributed by atoms with Gasteiger partial charge in [0.25, 0.3) is 11.8 Å². The number of ether oxygens (including phenoxy) is 1. The van der Waals surface area contributed by atoms with Gasteiger partial charge in [0.1, 0.15) is 5.75 Å². The van der Waals surface area contributed by atoms with Gasteiger partial charge < -0.3 is 15.0 Å². The van der Waals surface area contributed by atoms with Gasteiger partial charge in [0.15, 0.2) is 5.11 Å². The number of nitrogens with one attached hydrogen (secondary N) is 2. The van der Waals surface area contributed by atoms with Gasteiger partial charge in [-0.2, -0.15) is 0 Å². The second-order valence-electron chi connectivity index (χ2n) is 6.03. The average molecular weight is 385 g/mol. The molecule has 0 radical (unpaired) electrons. The molecule has 0 aromatic heterocycles. The Morgan fingerprint density at radius 3 is 2.56 bits per heavy atom. The number of nitrogens with zero attached hydrogens (tertiary/aromatic N) is 1. The van der Waals surface area contributed by atoms with E-state index in [-0.39, 0.29) is 16.9 Å². The van der Waals surface area contributed by atoms with Gasteiger partial charge in [-0.15, -0.1) is 0 Å². The van der Waals surface area contributed by atoms with Crippen molar-refractivity contribution in [3.05, 3.63) is 59.7 Å². The van der Waals surface area contributed by atoms with Crippen LogP contribution in [0.15, 0.2) is 48.5 Å². The lowest BCUT2D eigenvalue weighted by Gasteiger charge is -2.16. The third kappa shape index (κ3) is 5.79. The van der Waals surface area contributed by atoms with Crippen LogP contribution in [0.4, 0.5) is 5.69 Å². The highest BCUT2D eigenvalue weighted by molar-refractivity contribution is 7.80. The minimum atomic E-state index is -0.356. The van der Waals surface area contributed by atoms with E-state index >= 15 is 0 Å². The van der Waals surface area contributed by atoms with E-state index in [2.05, 4.69) is 10.6 Å². The Labute approximate surface area is 164 Å². The molecule has 2 aromatic carbocycles. The highest BCUT2D eigenvalue weighted by atomic mass is 32.1. The van der Waals surface area contributed by atoms with Crippen LogP contribution in [0.1, 0.15) is 34.1 Å². The normalized spacial score (nSPS) is 10.0. The predicted octanol–water partition coefficient (Wildman–Crippen LogP) is 3.30. The number of benzene rings is 2. The molecule has 0 saturated heterocycles. The van der Waals surface area contributed by atoms with Crippen LogP contribution >= 0.6 is 12.2 Å². The molecule has 2 N–H and O–H groups in total. The van der Waals surface area contributed by atoms with Crippen molar-refractivity contribution in [1.29, 1.82) is 0 Å². The molecule has 0 aliphatic rings. The summed E-state index contributed by atoms with van der Waals surface area (Å²) in [6.45, 7) is 2.60. The summed E-state index contributed by atoms with van der Waals surface area (Å²) in [6.07, 6.45) is 0.884. The molecular weight excluding hydrogens is 362 g/mol. The lowest BCUT2D eigenvalue weighted by molar-refractivity contribution is 0.0828. The summed E-state index contributed by atoms with van der Waals surface area (Å²) < 4.78 is 5.54. The fourth-order valence-electron chi connectivity index (χ4n) is 2.30. The molecule has 0 unspecified atom stereocenters. The summed E-state index contributed by atoms with van der Waals surface area (Å²) in [4.78, 5) is 26.2. The molecule has 0 heterocycles. The van der Waals surface area contributed by atoms with Crippen molar-refractivity contribution in [2.45, 2.75) is 13.3 Å². The SMILES string of the molecule is CCCOc1cccc(C(=O)NC(=S)Nc2ccccc2C(=O)N(C)C)c1. The third-order valence-electron chi connectivity index (χ3n) is 3.61. The van der Waals surface area contributed by atoms with Gasteiger partial charge in [0, 0.05) is 19.7 Å². The predicted molar refractivity (Wildman–Crippen MR) is 110 cm³/mol. The highest BCUT2D eigenvalue weighted by Gasteiger charge is 2.15. The lowest BCUT2D eigenvalue weighted by Crippen LogP contribution is -2.35. The molecule has 0 fully saturated rings. The first-order valence-corrected chi connectivity index (χ1v) is 8.99. The Balaban J connectivity index is 2.06. The second-order valence-corrected chi connectivity index (χ2v) is 6.44. The second kappa shape index (κ2) is 9.68. The largest absolute Gasteiger partial charge is 0.494 e. The first kappa shape index (κ1) is 20.4. The van der Waals surface area contributed by atoms with Crippen LogP contribution in [0.2, 0.25) is 0 Å². The van der Waals surface area contributed by atoms with Crippen molar-refractivity contribution in [2.24, 2.45) is 0 Å². The van der Waals surface area contributed by atoms with Crippen LogP contribution < -0.4 is 15.4 Å². The molecule has 0 spiro atoms. The zero-order chi connectivity index (χ0) is 19.8. The molecule has 2 rings (SSSR count). The molecule has 2 amide bonds. The Bertz CT molecular complexity index is 837. The number of anilines is 1. The van der Waals surface area contributed by atoms with Crippen molar-refractivity contribution in [2.75, 3.05) is 26.0 Å². The lowest BCUT2D eigenvalue weighted by atomic mass is 10.1. The van der Waals surface area contributed by atoms with E-state index < -0.39 is 0 Å². The highest BCUT2D eigenvalue weighted by Crippen LogP contribution is 2.17. The van der Waals surface area contributed by atoms with Crippen molar-refractivity contribution in [1.82, 2.24) is 10.2 Å². The molecular formula is C20H23N3O3S. The number of para-hydroxylation sites is 1. The average Bonchev–Trinajstić information content (AvgIpc) is 2.66. The summed E-state index contributed by atoms with van der Waals surface area (Å²) in [7, 11) is 3.35. The summed E-state index contributed by atoms with van der Waals surface area (Å²) in [6, 6.07) is 13.9. The Morgan fingerprint density at radius 1 is 1.11 bits per heavy atom. The van der Waals surface area contributed by atoms with Crippen molar-refractivity contribution < 1.29 is 14.3 Å². The topological polar surface area (TPSA) is 70.7 Å². The molecule has 0 bridgehead atoms. The zero-order valence-electron chi connectivity index (χ0n) is 15.6. The molecule has 0 aliphatic heterocycles. The maximum atomic E-state index is 12.4. The minimum Gasteiger partial charge on any atom is -0.494 e. The fraction of sp³-hybridized carbons (Fsp3) is 0.250. The first-order chi connectivity index (χ1) is 12.9. The van der Waals surface area contributed by atoms with E-state index in [0.29, 0.717) is 29.2 Å².